The van der Waals surface area contributed by atoms with Crippen LogP contribution in [0.5, 0.6) is 11.5 Å². The van der Waals surface area contributed by atoms with E-state index in [9.17, 15) is 4.79 Å². The van der Waals surface area contributed by atoms with Crippen LogP contribution in [0.15, 0.2) is 70.8 Å². The van der Waals surface area contributed by atoms with Crippen molar-refractivity contribution in [3.8, 4) is 33.3 Å². The fourth-order valence-electron chi connectivity index (χ4n) is 3.88. The van der Waals surface area contributed by atoms with Gasteiger partial charge in [-0.1, -0.05) is 42.5 Å². The number of nitrogens with zero attached hydrogens (tertiary/aromatic N) is 2. The minimum atomic E-state index is -0.0384. The van der Waals surface area contributed by atoms with Crippen LogP contribution in [0.4, 0.5) is 0 Å². The Hall–Kier alpha value is -3.38. The molecular formula is C25H22N2O3S. The first-order valence-corrected chi connectivity index (χ1v) is 11.2. The Morgan fingerprint density at radius 3 is 2.58 bits per heavy atom. The van der Waals surface area contributed by atoms with Crippen LogP contribution < -0.4 is 15.0 Å². The SMILES string of the molecule is Cc1nc(-c2cccs2)n(CCc2ccccc2)c(=O)c1-c1ccc2c(c1)OCCO2. The van der Waals surface area contributed by atoms with Crippen LogP contribution in [0.3, 0.4) is 0 Å². The molecule has 3 heterocycles. The lowest BCUT2D eigenvalue weighted by molar-refractivity contribution is 0.171. The quantitative estimate of drug-likeness (QED) is 0.449. The van der Waals surface area contributed by atoms with Crippen LogP contribution in [0.25, 0.3) is 21.8 Å². The summed E-state index contributed by atoms with van der Waals surface area (Å²) in [6.07, 6.45) is 0.754. The maximum absolute atomic E-state index is 13.8. The summed E-state index contributed by atoms with van der Waals surface area (Å²) in [6, 6.07) is 19.9. The number of rotatable bonds is 5. The Kier molecular flexibility index (Phi) is 5.30. The molecule has 0 amide bonds. The van der Waals surface area contributed by atoms with E-state index in [0.717, 1.165) is 22.7 Å². The van der Waals surface area contributed by atoms with Crippen LogP contribution in [0.1, 0.15) is 11.3 Å². The van der Waals surface area contributed by atoms with Gasteiger partial charge in [-0.05, 0) is 48.1 Å². The summed E-state index contributed by atoms with van der Waals surface area (Å²) >= 11 is 1.59. The third-order valence-electron chi connectivity index (χ3n) is 5.39. The Bertz CT molecular complexity index is 1260. The van der Waals surface area contributed by atoms with E-state index in [1.54, 1.807) is 15.9 Å². The van der Waals surface area contributed by atoms with Crippen molar-refractivity contribution in [1.82, 2.24) is 9.55 Å². The number of hydrogen-bond acceptors (Lipinski definition) is 5. The third kappa shape index (κ3) is 3.86. The summed E-state index contributed by atoms with van der Waals surface area (Å²) < 4.78 is 13.2. The molecule has 0 spiro atoms. The predicted octanol–water partition coefficient (Wildman–Crippen LogP) is 4.96. The van der Waals surface area contributed by atoms with Crippen molar-refractivity contribution in [2.75, 3.05) is 13.2 Å². The van der Waals surface area contributed by atoms with Gasteiger partial charge in [0, 0.05) is 6.54 Å². The van der Waals surface area contributed by atoms with Crippen LogP contribution in [0, 0.1) is 6.92 Å². The molecule has 0 saturated heterocycles. The van der Waals surface area contributed by atoms with E-state index < -0.39 is 0 Å². The molecule has 0 aliphatic carbocycles. The summed E-state index contributed by atoms with van der Waals surface area (Å²) in [7, 11) is 0. The van der Waals surface area contributed by atoms with Gasteiger partial charge in [-0.2, -0.15) is 0 Å². The van der Waals surface area contributed by atoms with Crippen molar-refractivity contribution in [3.05, 3.63) is 87.7 Å². The van der Waals surface area contributed by atoms with E-state index in [1.165, 1.54) is 5.56 Å². The van der Waals surface area contributed by atoms with Crippen LogP contribution in [-0.4, -0.2) is 22.8 Å². The first kappa shape index (κ1) is 19.6. The average Bonchev–Trinajstić information content (AvgIpc) is 3.34. The van der Waals surface area contributed by atoms with E-state index >= 15 is 0 Å². The van der Waals surface area contributed by atoms with E-state index in [2.05, 4.69) is 12.1 Å². The summed E-state index contributed by atoms with van der Waals surface area (Å²) in [5, 5.41) is 2.01. The summed E-state index contributed by atoms with van der Waals surface area (Å²) in [5.74, 6) is 2.09. The number of hydrogen-bond donors (Lipinski definition) is 0. The summed E-state index contributed by atoms with van der Waals surface area (Å²) in [5.41, 5.74) is 3.26. The molecule has 4 aromatic rings. The molecule has 156 valence electrons. The Labute approximate surface area is 184 Å². The van der Waals surface area contributed by atoms with Gasteiger partial charge in [-0.3, -0.25) is 9.36 Å². The standard InChI is InChI=1S/C25H22N2O3S/c1-17-23(19-9-10-20-21(16-19)30-14-13-29-20)25(28)27(12-11-18-6-3-2-4-7-18)24(26-17)22-8-5-15-31-22/h2-10,15-16H,11-14H2,1H3. The zero-order valence-electron chi connectivity index (χ0n) is 17.2. The molecule has 5 nitrogen and oxygen atoms in total. The average molecular weight is 431 g/mol. The fraction of sp³-hybridized carbons (Fsp3) is 0.200. The van der Waals surface area contributed by atoms with E-state index in [0.29, 0.717) is 42.5 Å². The molecule has 1 aliphatic rings. The molecule has 2 aromatic carbocycles. The number of thiophene rings is 1. The third-order valence-corrected chi connectivity index (χ3v) is 6.26. The molecule has 31 heavy (non-hydrogen) atoms. The van der Waals surface area contributed by atoms with Gasteiger partial charge in [0.05, 0.1) is 16.1 Å². The molecule has 2 aromatic heterocycles. The minimum Gasteiger partial charge on any atom is -0.486 e. The number of fused-ring (bicyclic) bond motifs is 1. The van der Waals surface area contributed by atoms with Crippen molar-refractivity contribution in [2.45, 2.75) is 19.9 Å². The molecule has 0 bridgehead atoms. The largest absolute Gasteiger partial charge is 0.486 e. The maximum atomic E-state index is 13.8. The van der Waals surface area contributed by atoms with Crippen molar-refractivity contribution in [3.63, 3.8) is 0 Å². The first-order chi connectivity index (χ1) is 15.2. The van der Waals surface area contributed by atoms with Crippen LogP contribution >= 0.6 is 11.3 Å². The van der Waals surface area contributed by atoms with Gasteiger partial charge in [0.2, 0.25) is 0 Å². The first-order valence-electron chi connectivity index (χ1n) is 10.3. The second-order valence-corrected chi connectivity index (χ2v) is 8.37. The minimum absolute atomic E-state index is 0.0384. The molecule has 0 unspecified atom stereocenters. The highest BCUT2D eigenvalue weighted by atomic mass is 32.1. The van der Waals surface area contributed by atoms with Crippen LogP contribution in [-0.2, 0) is 13.0 Å². The fourth-order valence-corrected chi connectivity index (χ4v) is 4.60. The van der Waals surface area contributed by atoms with E-state index in [1.807, 2.05) is 60.8 Å². The number of benzene rings is 2. The molecule has 0 saturated carbocycles. The van der Waals surface area contributed by atoms with Gasteiger partial charge in [0.15, 0.2) is 17.3 Å². The van der Waals surface area contributed by atoms with Gasteiger partial charge >= 0.3 is 0 Å². The lowest BCUT2D eigenvalue weighted by Gasteiger charge is -2.20. The van der Waals surface area contributed by atoms with Crippen molar-refractivity contribution >= 4 is 11.3 Å². The van der Waals surface area contributed by atoms with Gasteiger partial charge in [-0.15, -0.1) is 11.3 Å². The summed E-state index contributed by atoms with van der Waals surface area (Å²) in [6.45, 7) is 3.49. The second-order valence-electron chi connectivity index (χ2n) is 7.42. The molecule has 1 aliphatic heterocycles. The van der Waals surface area contributed by atoms with E-state index in [-0.39, 0.29) is 5.56 Å². The highest BCUT2D eigenvalue weighted by molar-refractivity contribution is 7.13. The molecule has 0 fully saturated rings. The molecule has 6 heteroatoms. The number of ether oxygens (including phenoxy) is 2. The molecule has 5 rings (SSSR count). The molecule has 0 radical (unpaired) electrons. The zero-order valence-corrected chi connectivity index (χ0v) is 18.0. The van der Waals surface area contributed by atoms with Crippen molar-refractivity contribution < 1.29 is 9.47 Å². The van der Waals surface area contributed by atoms with Crippen molar-refractivity contribution in [1.29, 1.82) is 0 Å². The van der Waals surface area contributed by atoms with Crippen LogP contribution in [0.2, 0.25) is 0 Å². The summed E-state index contributed by atoms with van der Waals surface area (Å²) in [4.78, 5) is 19.6. The topological polar surface area (TPSA) is 53.4 Å². The van der Waals surface area contributed by atoms with E-state index in [4.69, 9.17) is 14.5 Å². The van der Waals surface area contributed by atoms with Crippen molar-refractivity contribution in [2.24, 2.45) is 0 Å². The molecular weight excluding hydrogens is 408 g/mol. The maximum Gasteiger partial charge on any atom is 0.261 e. The van der Waals surface area contributed by atoms with Gasteiger partial charge < -0.3 is 9.47 Å². The Balaban J connectivity index is 1.62. The predicted molar refractivity (Wildman–Crippen MR) is 123 cm³/mol. The zero-order chi connectivity index (χ0) is 21.2. The second kappa shape index (κ2) is 8.40. The number of aromatic nitrogens is 2. The Morgan fingerprint density at radius 2 is 1.81 bits per heavy atom. The molecule has 0 N–H and O–H groups in total. The van der Waals surface area contributed by atoms with Gasteiger partial charge in [0.25, 0.3) is 5.56 Å². The lowest BCUT2D eigenvalue weighted by Crippen LogP contribution is -2.27. The highest BCUT2D eigenvalue weighted by Gasteiger charge is 2.20. The Morgan fingerprint density at radius 1 is 1.00 bits per heavy atom. The monoisotopic (exact) mass is 430 g/mol. The number of aryl methyl sites for hydroxylation is 2. The lowest BCUT2D eigenvalue weighted by atomic mass is 10.0. The van der Waals surface area contributed by atoms with Gasteiger partial charge in [-0.25, -0.2) is 4.98 Å². The highest BCUT2D eigenvalue weighted by Crippen LogP contribution is 2.35. The van der Waals surface area contributed by atoms with Gasteiger partial charge in [0.1, 0.15) is 13.2 Å². The smallest absolute Gasteiger partial charge is 0.261 e. The molecule has 0 atom stereocenters. The normalized spacial score (nSPS) is 12.7.